The van der Waals surface area contributed by atoms with Crippen LogP contribution in [-0.2, 0) is 21.2 Å². The van der Waals surface area contributed by atoms with E-state index in [0.29, 0.717) is 41.6 Å². The summed E-state index contributed by atoms with van der Waals surface area (Å²) in [6, 6.07) is 13.0. The van der Waals surface area contributed by atoms with Crippen LogP contribution in [0, 0.1) is 5.41 Å². The van der Waals surface area contributed by atoms with Gasteiger partial charge in [-0.25, -0.2) is 8.42 Å². The first kappa shape index (κ1) is 22.9. The van der Waals surface area contributed by atoms with Crippen molar-refractivity contribution < 1.29 is 17.7 Å². The molecule has 33 heavy (non-hydrogen) atoms. The van der Waals surface area contributed by atoms with Gasteiger partial charge in [-0.15, -0.1) is 0 Å². The van der Waals surface area contributed by atoms with Crippen LogP contribution >= 0.6 is 0 Å². The Morgan fingerprint density at radius 2 is 1.88 bits per heavy atom. The van der Waals surface area contributed by atoms with Gasteiger partial charge in [0.05, 0.1) is 10.6 Å². The predicted octanol–water partition coefficient (Wildman–Crippen LogP) is 3.56. The van der Waals surface area contributed by atoms with Crippen LogP contribution in [0.25, 0.3) is 11.4 Å². The summed E-state index contributed by atoms with van der Waals surface area (Å²) in [6.07, 6.45) is 4.04. The SMILES string of the molecule is CC1(C(=O)Nc2cccc(NS(=O)(=O)c3cccc(-c4noc(CCCCN)n4)c3)c2)CC1. The molecule has 1 aliphatic carbocycles. The van der Waals surface area contributed by atoms with Gasteiger partial charge in [-0.05, 0) is 62.6 Å². The number of aryl methyl sites for hydroxylation is 1. The van der Waals surface area contributed by atoms with Crippen LogP contribution in [0.5, 0.6) is 0 Å². The van der Waals surface area contributed by atoms with Crippen LogP contribution < -0.4 is 15.8 Å². The quantitative estimate of drug-likeness (QED) is 0.386. The smallest absolute Gasteiger partial charge is 0.261 e. The fourth-order valence-electron chi connectivity index (χ4n) is 3.27. The minimum absolute atomic E-state index is 0.0577. The highest BCUT2D eigenvalue weighted by Crippen LogP contribution is 2.45. The lowest BCUT2D eigenvalue weighted by molar-refractivity contribution is -0.120. The molecule has 10 heteroatoms. The molecule has 4 rings (SSSR count). The molecule has 4 N–H and O–H groups in total. The molecule has 1 aromatic heterocycles. The molecule has 1 amide bonds. The molecule has 0 bridgehead atoms. The van der Waals surface area contributed by atoms with Gasteiger partial charge in [-0.3, -0.25) is 9.52 Å². The van der Waals surface area contributed by atoms with Crippen molar-refractivity contribution in [2.45, 2.75) is 43.9 Å². The third kappa shape index (κ3) is 5.58. The molecule has 1 saturated carbocycles. The van der Waals surface area contributed by atoms with E-state index in [2.05, 4.69) is 20.2 Å². The summed E-state index contributed by atoms with van der Waals surface area (Å²) in [6.45, 7) is 2.51. The number of aromatic nitrogens is 2. The van der Waals surface area contributed by atoms with E-state index >= 15 is 0 Å². The monoisotopic (exact) mass is 469 g/mol. The number of carbonyl (C=O) groups excluding carboxylic acids is 1. The Morgan fingerprint density at radius 3 is 2.64 bits per heavy atom. The van der Waals surface area contributed by atoms with Crippen molar-refractivity contribution in [2.24, 2.45) is 11.1 Å². The molecule has 0 atom stereocenters. The number of hydrogen-bond acceptors (Lipinski definition) is 7. The Morgan fingerprint density at radius 1 is 1.12 bits per heavy atom. The van der Waals surface area contributed by atoms with E-state index in [4.69, 9.17) is 10.3 Å². The van der Waals surface area contributed by atoms with E-state index in [-0.39, 0.29) is 16.2 Å². The minimum atomic E-state index is -3.88. The maximum atomic E-state index is 13.0. The maximum absolute atomic E-state index is 13.0. The molecule has 9 nitrogen and oxygen atoms in total. The lowest BCUT2D eigenvalue weighted by Crippen LogP contribution is -2.21. The van der Waals surface area contributed by atoms with Gasteiger partial charge in [0.1, 0.15) is 0 Å². The number of unbranched alkanes of at least 4 members (excludes halogenated alkanes) is 1. The minimum Gasteiger partial charge on any atom is -0.339 e. The molecule has 174 valence electrons. The number of amides is 1. The zero-order valence-electron chi connectivity index (χ0n) is 18.4. The number of nitrogens with one attached hydrogen (secondary N) is 2. The van der Waals surface area contributed by atoms with Crippen LogP contribution in [0.3, 0.4) is 0 Å². The van der Waals surface area contributed by atoms with Gasteiger partial charge in [0.2, 0.25) is 17.6 Å². The second-order valence-electron chi connectivity index (χ2n) is 8.49. The van der Waals surface area contributed by atoms with E-state index in [1.54, 1.807) is 36.4 Å². The van der Waals surface area contributed by atoms with Gasteiger partial charge in [0, 0.05) is 23.1 Å². The summed E-state index contributed by atoms with van der Waals surface area (Å²) in [5, 5.41) is 6.82. The zero-order chi connectivity index (χ0) is 23.5. The lowest BCUT2D eigenvalue weighted by atomic mass is 10.1. The van der Waals surface area contributed by atoms with Gasteiger partial charge in [-0.1, -0.05) is 30.3 Å². The van der Waals surface area contributed by atoms with E-state index in [0.717, 1.165) is 25.7 Å². The summed E-state index contributed by atoms with van der Waals surface area (Å²) in [5.74, 6) is 0.759. The van der Waals surface area contributed by atoms with Crippen LogP contribution in [0.4, 0.5) is 11.4 Å². The first-order valence-corrected chi connectivity index (χ1v) is 12.3. The molecular weight excluding hydrogens is 442 g/mol. The average molecular weight is 470 g/mol. The van der Waals surface area contributed by atoms with Crippen LogP contribution in [-0.4, -0.2) is 31.0 Å². The topological polar surface area (TPSA) is 140 Å². The summed E-state index contributed by atoms with van der Waals surface area (Å²) < 4.78 is 33.8. The van der Waals surface area contributed by atoms with Gasteiger partial charge in [0.15, 0.2) is 0 Å². The Labute approximate surface area is 192 Å². The third-order valence-electron chi connectivity index (χ3n) is 5.64. The molecule has 0 unspecified atom stereocenters. The van der Waals surface area contributed by atoms with Crippen molar-refractivity contribution in [2.75, 3.05) is 16.6 Å². The largest absolute Gasteiger partial charge is 0.339 e. The average Bonchev–Trinajstić information content (AvgIpc) is 3.37. The summed E-state index contributed by atoms with van der Waals surface area (Å²) >= 11 is 0. The third-order valence-corrected chi connectivity index (χ3v) is 7.02. The number of rotatable bonds is 10. The number of sulfonamides is 1. The number of carbonyl (C=O) groups is 1. The van der Waals surface area contributed by atoms with Crippen molar-refractivity contribution >= 4 is 27.3 Å². The standard InChI is InChI=1S/C23H27N5O4S/c1-23(11-12-23)22(29)25-17-7-5-8-18(15-17)28-33(30,31)19-9-4-6-16(14-19)21-26-20(32-27-21)10-2-3-13-24/h4-9,14-15,28H,2-3,10-13,24H2,1H3,(H,25,29). The fraction of sp³-hybridized carbons (Fsp3) is 0.348. The number of nitrogens with zero attached hydrogens (tertiary/aromatic N) is 2. The number of anilines is 2. The highest BCUT2D eigenvalue weighted by atomic mass is 32.2. The fourth-order valence-corrected chi connectivity index (χ4v) is 4.36. The van der Waals surface area contributed by atoms with Crippen LogP contribution in [0.2, 0.25) is 0 Å². The second-order valence-corrected chi connectivity index (χ2v) is 10.2. The Balaban J connectivity index is 1.48. The van der Waals surface area contributed by atoms with E-state index < -0.39 is 10.0 Å². The summed E-state index contributed by atoms with van der Waals surface area (Å²) in [4.78, 5) is 16.7. The molecule has 0 saturated heterocycles. The Hall–Kier alpha value is -3.24. The van der Waals surface area contributed by atoms with Gasteiger partial charge in [-0.2, -0.15) is 4.98 Å². The second kappa shape index (κ2) is 9.32. The molecule has 3 aromatic rings. The van der Waals surface area contributed by atoms with Crippen molar-refractivity contribution in [3.8, 4) is 11.4 Å². The lowest BCUT2D eigenvalue weighted by Gasteiger charge is -2.12. The molecule has 0 aliphatic heterocycles. The zero-order valence-corrected chi connectivity index (χ0v) is 19.2. The summed E-state index contributed by atoms with van der Waals surface area (Å²) in [5.41, 5.74) is 6.60. The highest BCUT2D eigenvalue weighted by molar-refractivity contribution is 7.92. The van der Waals surface area contributed by atoms with Gasteiger partial charge in [0.25, 0.3) is 10.0 Å². The predicted molar refractivity (Wildman–Crippen MR) is 125 cm³/mol. The molecule has 1 heterocycles. The normalized spacial score (nSPS) is 14.6. The molecule has 0 spiro atoms. The maximum Gasteiger partial charge on any atom is 0.261 e. The van der Waals surface area contributed by atoms with Gasteiger partial charge < -0.3 is 15.6 Å². The first-order valence-electron chi connectivity index (χ1n) is 10.9. The molecule has 1 fully saturated rings. The Kier molecular flexibility index (Phi) is 6.48. The van der Waals surface area contributed by atoms with Crippen molar-refractivity contribution in [1.82, 2.24) is 10.1 Å². The number of hydrogen-bond donors (Lipinski definition) is 3. The van der Waals surface area contributed by atoms with E-state index in [1.807, 2.05) is 6.92 Å². The van der Waals surface area contributed by atoms with Gasteiger partial charge >= 0.3 is 0 Å². The molecule has 0 radical (unpaired) electrons. The van der Waals surface area contributed by atoms with Crippen molar-refractivity contribution in [3.05, 3.63) is 54.4 Å². The first-order chi connectivity index (χ1) is 15.8. The van der Waals surface area contributed by atoms with Crippen LogP contribution in [0.1, 0.15) is 38.5 Å². The van der Waals surface area contributed by atoms with Crippen molar-refractivity contribution in [3.63, 3.8) is 0 Å². The highest BCUT2D eigenvalue weighted by Gasteiger charge is 2.44. The molecule has 1 aliphatic rings. The molecular formula is C23H27N5O4S. The Bertz CT molecular complexity index is 1250. The van der Waals surface area contributed by atoms with E-state index in [1.165, 1.54) is 12.1 Å². The van der Waals surface area contributed by atoms with Crippen LogP contribution in [0.15, 0.2) is 57.9 Å². The number of nitrogens with two attached hydrogens (primary N) is 1. The van der Waals surface area contributed by atoms with E-state index in [9.17, 15) is 13.2 Å². The number of benzene rings is 2. The van der Waals surface area contributed by atoms with Crippen molar-refractivity contribution in [1.29, 1.82) is 0 Å². The summed E-state index contributed by atoms with van der Waals surface area (Å²) in [7, 11) is -3.88. The molecule has 2 aromatic carbocycles.